The smallest absolute Gasteiger partial charge is 0.0705 e. The van der Waals surface area contributed by atoms with Crippen LogP contribution in [0, 0.1) is 13.8 Å². The summed E-state index contributed by atoms with van der Waals surface area (Å²) in [6, 6.07) is 22.5. The average Bonchev–Trinajstić information content (AvgIpc) is 2.55. The molecule has 0 atom stereocenters. The number of para-hydroxylation sites is 2. The maximum Gasteiger partial charge on any atom is 0.0705 e. The second-order valence-corrected chi connectivity index (χ2v) is 5.35. The van der Waals surface area contributed by atoms with Crippen molar-refractivity contribution < 1.29 is 0 Å². The van der Waals surface area contributed by atoms with Crippen LogP contribution < -0.4 is 0 Å². The second-order valence-electron chi connectivity index (χ2n) is 5.35. The topological polar surface area (TPSA) is 25.8 Å². The van der Waals surface area contributed by atoms with Crippen molar-refractivity contribution in [3.63, 3.8) is 0 Å². The lowest BCUT2D eigenvalue weighted by molar-refractivity contribution is 1.26. The monoisotopic (exact) mass is 286 g/mol. The zero-order valence-electron chi connectivity index (χ0n) is 12.8. The van der Waals surface area contributed by atoms with E-state index in [0.717, 1.165) is 16.7 Å². The average molecular weight is 286 g/mol. The molecule has 4 aromatic rings. The van der Waals surface area contributed by atoms with Crippen LogP contribution in [-0.2, 0) is 0 Å². The molecular formula is C20H18N2. The lowest BCUT2D eigenvalue weighted by atomic mass is 10.2. The summed E-state index contributed by atoms with van der Waals surface area (Å²) in [5.41, 5.74) is 4.43. The third kappa shape index (κ3) is 3.29. The van der Waals surface area contributed by atoms with Crippen LogP contribution >= 0.6 is 0 Å². The Morgan fingerprint density at radius 3 is 2.18 bits per heavy atom. The van der Waals surface area contributed by atoms with Gasteiger partial charge in [0, 0.05) is 22.7 Å². The van der Waals surface area contributed by atoms with E-state index >= 15 is 0 Å². The number of pyridine rings is 2. The Hall–Kier alpha value is -2.74. The van der Waals surface area contributed by atoms with E-state index in [9.17, 15) is 0 Å². The van der Waals surface area contributed by atoms with Crippen LogP contribution in [0.5, 0.6) is 0 Å². The molecule has 0 aliphatic heterocycles. The van der Waals surface area contributed by atoms with Crippen molar-refractivity contribution in [1.82, 2.24) is 9.97 Å². The maximum absolute atomic E-state index is 4.38. The van der Waals surface area contributed by atoms with Gasteiger partial charge < -0.3 is 0 Å². The molecule has 0 aliphatic rings. The minimum absolute atomic E-state index is 1.07. The van der Waals surface area contributed by atoms with Crippen molar-refractivity contribution in [2.45, 2.75) is 13.8 Å². The molecule has 0 saturated carbocycles. The van der Waals surface area contributed by atoms with Crippen LogP contribution in [0.3, 0.4) is 0 Å². The number of nitrogens with zero attached hydrogens (tertiary/aromatic N) is 2. The van der Waals surface area contributed by atoms with E-state index in [2.05, 4.69) is 41.2 Å². The minimum Gasteiger partial charge on any atom is -0.256 e. The summed E-state index contributed by atoms with van der Waals surface area (Å²) in [4.78, 5) is 8.66. The molecule has 2 heteroatoms. The van der Waals surface area contributed by atoms with Gasteiger partial charge in [-0.15, -0.1) is 0 Å². The number of aryl methyl sites for hydroxylation is 2. The molecule has 2 aromatic heterocycles. The number of aromatic nitrogens is 2. The molecule has 0 radical (unpaired) electrons. The molecule has 0 bridgehead atoms. The van der Waals surface area contributed by atoms with Crippen molar-refractivity contribution >= 4 is 21.8 Å². The van der Waals surface area contributed by atoms with E-state index in [1.807, 2.05) is 55.6 Å². The van der Waals surface area contributed by atoms with Crippen LogP contribution in [0.4, 0.5) is 0 Å². The van der Waals surface area contributed by atoms with Gasteiger partial charge in [0.05, 0.1) is 11.0 Å². The van der Waals surface area contributed by atoms with Crippen molar-refractivity contribution in [3.8, 4) is 0 Å². The lowest BCUT2D eigenvalue weighted by Gasteiger charge is -1.95. The number of hydrogen-bond donors (Lipinski definition) is 0. The Morgan fingerprint density at radius 2 is 1.36 bits per heavy atom. The largest absolute Gasteiger partial charge is 0.256 e. The Morgan fingerprint density at radius 1 is 0.682 bits per heavy atom. The molecule has 2 aromatic carbocycles. The Bertz CT molecular complexity index is 836. The van der Waals surface area contributed by atoms with Crippen LogP contribution in [0.15, 0.2) is 72.9 Å². The first-order valence-corrected chi connectivity index (χ1v) is 7.36. The highest BCUT2D eigenvalue weighted by Gasteiger charge is 1.91. The van der Waals surface area contributed by atoms with Crippen LogP contribution in [0.2, 0.25) is 0 Å². The van der Waals surface area contributed by atoms with Gasteiger partial charge in [-0.2, -0.15) is 0 Å². The zero-order valence-corrected chi connectivity index (χ0v) is 12.8. The number of benzene rings is 2. The second kappa shape index (κ2) is 6.35. The highest BCUT2D eigenvalue weighted by atomic mass is 14.7. The summed E-state index contributed by atoms with van der Waals surface area (Å²) >= 11 is 0. The normalized spacial score (nSPS) is 10.3. The summed E-state index contributed by atoms with van der Waals surface area (Å²) in [6.07, 6.45) is 1.89. The van der Waals surface area contributed by atoms with Gasteiger partial charge >= 0.3 is 0 Å². The zero-order chi connectivity index (χ0) is 15.4. The summed E-state index contributed by atoms with van der Waals surface area (Å²) in [6.45, 7) is 4.06. The fourth-order valence-corrected chi connectivity index (χ4v) is 2.35. The standard InChI is InChI=1S/2C10H9N/c1-8-6-9-4-2-3-5-10(9)11-7-8;1-8-6-7-9-4-2-3-5-10(9)11-8/h2*2-7H,1H3. The van der Waals surface area contributed by atoms with Crippen molar-refractivity contribution in [3.05, 3.63) is 84.2 Å². The van der Waals surface area contributed by atoms with Gasteiger partial charge in [0.2, 0.25) is 0 Å². The molecule has 0 saturated heterocycles. The Kier molecular flexibility index (Phi) is 4.10. The summed E-state index contributed by atoms with van der Waals surface area (Å²) in [5.74, 6) is 0. The molecule has 0 amide bonds. The predicted octanol–water partition coefficient (Wildman–Crippen LogP) is 5.09. The molecule has 108 valence electrons. The van der Waals surface area contributed by atoms with Crippen molar-refractivity contribution in [1.29, 1.82) is 0 Å². The van der Waals surface area contributed by atoms with Crippen LogP contribution in [0.1, 0.15) is 11.3 Å². The summed E-state index contributed by atoms with van der Waals surface area (Å²) < 4.78 is 0. The highest BCUT2D eigenvalue weighted by molar-refractivity contribution is 5.79. The molecule has 0 spiro atoms. The fourth-order valence-electron chi connectivity index (χ4n) is 2.35. The molecule has 0 aliphatic carbocycles. The molecule has 0 unspecified atom stereocenters. The molecule has 2 heterocycles. The van der Waals surface area contributed by atoms with Gasteiger partial charge in [0.15, 0.2) is 0 Å². The van der Waals surface area contributed by atoms with E-state index in [1.54, 1.807) is 0 Å². The number of fused-ring (bicyclic) bond motifs is 2. The molecule has 0 fully saturated rings. The summed E-state index contributed by atoms with van der Waals surface area (Å²) in [7, 11) is 0. The van der Waals surface area contributed by atoms with Crippen LogP contribution in [0.25, 0.3) is 21.8 Å². The van der Waals surface area contributed by atoms with Crippen LogP contribution in [-0.4, -0.2) is 9.97 Å². The third-order valence-corrected chi connectivity index (χ3v) is 3.46. The van der Waals surface area contributed by atoms with Gasteiger partial charge in [0.1, 0.15) is 0 Å². The lowest BCUT2D eigenvalue weighted by Crippen LogP contribution is -1.80. The number of rotatable bonds is 0. The van der Waals surface area contributed by atoms with Gasteiger partial charge in [-0.1, -0.05) is 42.5 Å². The Labute approximate surface area is 130 Å². The van der Waals surface area contributed by atoms with Gasteiger partial charge in [-0.05, 0) is 43.7 Å². The fraction of sp³-hybridized carbons (Fsp3) is 0.100. The molecular weight excluding hydrogens is 268 g/mol. The van der Waals surface area contributed by atoms with Crippen molar-refractivity contribution in [2.75, 3.05) is 0 Å². The summed E-state index contributed by atoms with van der Waals surface area (Å²) in [5, 5.41) is 2.42. The van der Waals surface area contributed by atoms with E-state index < -0.39 is 0 Å². The maximum atomic E-state index is 4.38. The van der Waals surface area contributed by atoms with Gasteiger partial charge in [0.25, 0.3) is 0 Å². The first kappa shape index (κ1) is 14.2. The number of hydrogen-bond acceptors (Lipinski definition) is 2. The first-order chi connectivity index (χ1) is 10.7. The molecule has 22 heavy (non-hydrogen) atoms. The molecule has 2 nitrogen and oxygen atoms in total. The Balaban J connectivity index is 0.000000131. The van der Waals surface area contributed by atoms with Gasteiger partial charge in [-0.25, -0.2) is 0 Å². The quantitative estimate of drug-likeness (QED) is 0.450. The minimum atomic E-state index is 1.07. The highest BCUT2D eigenvalue weighted by Crippen LogP contribution is 2.11. The van der Waals surface area contributed by atoms with E-state index in [0.29, 0.717) is 0 Å². The van der Waals surface area contributed by atoms with Gasteiger partial charge in [-0.3, -0.25) is 9.97 Å². The predicted molar refractivity (Wildman–Crippen MR) is 93.0 cm³/mol. The third-order valence-electron chi connectivity index (χ3n) is 3.46. The van der Waals surface area contributed by atoms with E-state index in [-0.39, 0.29) is 0 Å². The van der Waals surface area contributed by atoms with E-state index in [4.69, 9.17) is 0 Å². The molecule has 0 N–H and O–H groups in total. The SMILES string of the molecule is Cc1ccc2ccccc2n1.Cc1cnc2ccccc2c1. The van der Waals surface area contributed by atoms with Crippen molar-refractivity contribution in [2.24, 2.45) is 0 Å². The van der Waals surface area contributed by atoms with E-state index in [1.165, 1.54) is 16.3 Å². The first-order valence-electron chi connectivity index (χ1n) is 7.36. The molecule has 4 rings (SSSR count).